The molecule has 5 rings (SSSR count). The van der Waals surface area contributed by atoms with Gasteiger partial charge < -0.3 is 20.5 Å². The van der Waals surface area contributed by atoms with Crippen LogP contribution in [0.1, 0.15) is 57.9 Å². The summed E-state index contributed by atoms with van der Waals surface area (Å²) in [6, 6.07) is 9.84. The molecule has 216 valence electrons. The molecule has 1 aromatic heterocycles. The number of para-hydroxylation sites is 1. The number of aromatic amines is 1. The van der Waals surface area contributed by atoms with E-state index in [2.05, 4.69) is 40.5 Å². The molecule has 1 saturated carbocycles. The zero-order valence-electron chi connectivity index (χ0n) is 24.2. The standard InChI is InChI=1S/C31H38N6O4/c1-30(2,3)20(15-34-27(39)23-13-17-8-6-7-9-22(17)36-23)29(41)37-16-21-24(31(21,4)5)25(37)28(40)35-19(14-32)12-18-10-11-33-26(18)38/h6-9,13,15,18-21,24-25,36H,10-12,16H2,1-5H3,(H,33,38)(H,35,40)/t18-,19-,20?,21-,24?,25-/m0/s1. The number of fused-ring (bicyclic) bond motifs is 2. The maximum atomic E-state index is 14.1. The van der Waals surface area contributed by atoms with Gasteiger partial charge in [-0.15, -0.1) is 0 Å². The third kappa shape index (κ3) is 5.37. The third-order valence-corrected chi connectivity index (χ3v) is 9.22. The number of likely N-dealkylation sites (tertiary alicyclic amines) is 1. The van der Waals surface area contributed by atoms with Crippen LogP contribution in [0.2, 0.25) is 0 Å². The molecule has 0 radical (unpaired) electrons. The number of nitrogens with one attached hydrogen (secondary N) is 3. The van der Waals surface area contributed by atoms with Crippen molar-refractivity contribution < 1.29 is 19.2 Å². The highest BCUT2D eigenvalue weighted by atomic mass is 16.2. The summed E-state index contributed by atoms with van der Waals surface area (Å²) in [4.78, 5) is 61.6. The van der Waals surface area contributed by atoms with Crippen molar-refractivity contribution in [3.8, 4) is 6.07 Å². The number of benzene rings is 1. The van der Waals surface area contributed by atoms with E-state index in [1.165, 1.54) is 6.21 Å². The van der Waals surface area contributed by atoms with Crippen LogP contribution in [0.5, 0.6) is 0 Å². The van der Waals surface area contributed by atoms with Gasteiger partial charge in [0.25, 0.3) is 5.91 Å². The second-order valence-electron chi connectivity index (χ2n) is 13.3. The Hall–Kier alpha value is -4.00. The number of H-pyrrole nitrogens is 1. The molecule has 2 unspecified atom stereocenters. The largest absolute Gasteiger partial charge is 0.356 e. The number of nitrogens with zero attached hydrogens (tertiary/aromatic N) is 3. The van der Waals surface area contributed by atoms with Crippen LogP contribution in [-0.2, 0) is 14.4 Å². The first-order valence-electron chi connectivity index (χ1n) is 14.3. The molecule has 3 N–H and O–H groups in total. The smallest absolute Gasteiger partial charge is 0.293 e. The molecule has 3 heterocycles. The van der Waals surface area contributed by atoms with Gasteiger partial charge in [0.1, 0.15) is 17.8 Å². The fourth-order valence-electron chi connectivity index (χ4n) is 6.61. The van der Waals surface area contributed by atoms with Crippen LogP contribution in [0, 0.1) is 45.8 Å². The molecule has 4 amide bonds. The molecular weight excluding hydrogens is 520 g/mol. The number of carbonyl (C=O) groups is 4. The molecular formula is C31H38N6O4. The minimum atomic E-state index is -0.830. The van der Waals surface area contributed by atoms with Gasteiger partial charge in [-0.05, 0) is 47.6 Å². The van der Waals surface area contributed by atoms with Crippen molar-refractivity contribution >= 4 is 40.7 Å². The predicted octanol–water partition coefficient (Wildman–Crippen LogP) is 3.06. The van der Waals surface area contributed by atoms with Gasteiger partial charge in [0.2, 0.25) is 17.7 Å². The Labute approximate surface area is 239 Å². The van der Waals surface area contributed by atoms with E-state index in [0.29, 0.717) is 25.2 Å². The van der Waals surface area contributed by atoms with Crippen LogP contribution in [0.4, 0.5) is 0 Å². The molecule has 41 heavy (non-hydrogen) atoms. The van der Waals surface area contributed by atoms with Crippen LogP contribution in [-0.4, -0.2) is 64.9 Å². The lowest BCUT2D eigenvalue weighted by Crippen LogP contribution is -2.54. The number of carbonyl (C=O) groups excluding carboxylic acids is 4. The molecule has 2 aliphatic heterocycles. The summed E-state index contributed by atoms with van der Waals surface area (Å²) >= 11 is 0. The van der Waals surface area contributed by atoms with Crippen LogP contribution in [0.3, 0.4) is 0 Å². The van der Waals surface area contributed by atoms with Gasteiger partial charge in [0.15, 0.2) is 0 Å². The molecule has 0 spiro atoms. The summed E-state index contributed by atoms with van der Waals surface area (Å²) in [6.45, 7) is 10.9. The van der Waals surface area contributed by atoms with Crippen LogP contribution in [0.15, 0.2) is 35.3 Å². The number of amides is 4. The molecule has 6 atom stereocenters. The molecule has 10 nitrogen and oxygen atoms in total. The Kier molecular flexibility index (Phi) is 7.26. The zero-order chi connectivity index (χ0) is 29.7. The topological polar surface area (TPSA) is 148 Å². The highest BCUT2D eigenvalue weighted by molar-refractivity contribution is 6.05. The maximum Gasteiger partial charge on any atom is 0.293 e. The number of hydrogen-bond donors (Lipinski definition) is 3. The van der Waals surface area contributed by atoms with E-state index in [1.54, 1.807) is 11.0 Å². The molecule has 10 heteroatoms. The van der Waals surface area contributed by atoms with E-state index in [-0.39, 0.29) is 47.3 Å². The van der Waals surface area contributed by atoms with Crippen molar-refractivity contribution in [3.05, 3.63) is 36.0 Å². The highest BCUT2D eigenvalue weighted by Gasteiger charge is 2.69. The van der Waals surface area contributed by atoms with Crippen molar-refractivity contribution in [2.24, 2.45) is 39.5 Å². The van der Waals surface area contributed by atoms with Crippen molar-refractivity contribution in [2.75, 3.05) is 13.1 Å². The van der Waals surface area contributed by atoms with E-state index in [4.69, 9.17) is 0 Å². The summed E-state index contributed by atoms with van der Waals surface area (Å²) in [5.74, 6) is -2.16. The molecule has 1 aliphatic carbocycles. The Balaban J connectivity index is 1.35. The van der Waals surface area contributed by atoms with Gasteiger partial charge in [0, 0.05) is 36.1 Å². The number of piperidine rings is 1. The second-order valence-corrected chi connectivity index (χ2v) is 13.3. The maximum absolute atomic E-state index is 14.1. The van der Waals surface area contributed by atoms with Crippen molar-refractivity contribution in [1.82, 2.24) is 20.5 Å². The average molecular weight is 559 g/mol. The Morgan fingerprint density at radius 2 is 2.00 bits per heavy atom. The lowest BCUT2D eigenvalue weighted by Gasteiger charge is -2.36. The van der Waals surface area contributed by atoms with E-state index < -0.39 is 29.3 Å². The fourth-order valence-corrected chi connectivity index (χ4v) is 6.61. The third-order valence-electron chi connectivity index (χ3n) is 9.22. The average Bonchev–Trinajstić information content (AvgIpc) is 3.42. The van der Waals surface area contributed by atoms with Crippen molar-refractivity contribution in [2.45, 2.75) is 59.5 Å². The minimum Gasteiger partial charge on any atom is -0.356 e. The monoisotopic (exact) mass is 558 g/mol. The summed E-state index contributed by atoms with van der Waals surface area (Å²) in [5, 5.41) is 16.2. The first kappa shape index (κ1) is 28.5. The van der Waals surface area contributed by atoms with Gasteiger partial charge in [-0.25, -0.2) is 4.99 Å². The number of aromatic nitrogens is 1. The van der Waals surface area contributed by atoms with Gasteiger partial charge in [0.05, 0.1) is 12.0 Å². The minimum absolute atomic E-state index is 0.0360. The summed E-state index contributed by atoms with van der Waals surface area (Å²) < 4.78 is 0. The molecule has 2 aromatic rings. The van der Waals surface area contributed by atoms with Crippen LogP contribution >= 0.6 is 0 Å². The zero-order valence-corrected chi connectivity index (χ0v) is 24.2. The Morgan fingerprint density at radius 1 is 1.27 bits per heavy atom. The summed E-state index contributed by atoms with van der Waals surface area (Å²) in [6.07, 6.45) is 2.28. The van der Waals surface area contributed by atoms with E-state index in [1.807, 2.05) is 45.0 Å². The second kappa shape index (κ2) is 10.4. The van der Waals surface area contributed by atoms with Crippen LogP contribution < -0.4 is 10.6 Å². The highest BCUT2D eigenvalue weighted by Crippen LogP contribution is 2.65. The molecule has 2 saturated heterocycles. The Bertz CT molecular complexity index is 1430. The summed E-state index contributed by atoms with van der Waals surface area (Å²) in [5.41, 5.74) is 0.479. The van der Waals surface area contributed by atoms with E-state index in [0.717, 1.165) is 10.9 Å². The van der Waals surface area contributed by atoms with Crippen molar-refractivity contribution in [3.63, 3.8) is 0 Å². The van der Waals surface area contributed by atoms with E-state index in [9.17, 15) is 24.4 Å². The molecule has 3 aliphatic rings. The molecule has 0 bridgehead atoms. The lowest BCUT2D eigenvalue weighted by atomic mass is 9.80. The van der Waals surface area contributed by atoms with Crippen molar-refractivity contribution in [1.29, 1.82) is 5.26 Å². The lowest BCUT2D eigenvalue weighted by molar-refractivity contribution is -0.144. The SMILES string of the molecule is CC(C)(C)C(C=NC(=O)c1cc2ccccc2[nH]1)C(=O)N1C[C@H]2C([C@H]1C(=O)N[C@H](C#N)C[C@@H]1CCNC1=O)C2(C)C. The first-order chi connectivity index (χ1) is 19.3. The van der Waals surface area contributed by atoms with Gasteiger partial charge in [-0.3, -0.25) is 19.2 Å². The van der Waals surface area contributed by atoms with E-state index >= 15 is 0 Å². The van der Waals surface area contributed by atoms with Gasteiger partial charge in [-0.2, -0.15) is 5.26 Å². The van der Waals surface area contributed by atoms with Gasteiger partial charge in [-0.1, -0.05) is 52.8 Å². The van der Waals surface area contributed by atoms with Crippen LogP contribution in [0.25, 0.3) is 10.9 Å². The number of aliphatic imine (C=N–C) groups is 1. The number of hydrogen-bond acceptors (Lipinski definition) is 5. The molecule has 1 aromatic carbocycles. The normalized spacial score (nSPS) is 26.3. The first-order valence-corrected chi connectivity index (χ1v) is 14.3. The Morgan fingerprint density at radius 3 is 2.63 bits per heavy atom. The van der Waals surface area contributed by atoms with Gasteiger partial charge >= 0.3 is 0 Å². The predicted molar refractivity (Wildman–Crippen MR) is 154 cm³/mol. The summed E-state index contributed by atoms with van der Waals surface area (Å²) in [7, 11) is 0. The number of nitriles is 1. The number of rotatable bonds is 7. The fraction of sp³-hybridized carbons (Fsp3) is 0.548. The molecule has 3 fully saturated rings. The quantitative estimate of drug-likeness (QED) is 0.447.